The fourth-order valence-corrected chi connectivity index (χ4v) is 2.18. The number of nitrogens with one attached hydrogen (secondary N) is 2. The van der Waals surface area contributed by atoms with Crippen molar-refractivity contribution in [1.29, 1.82) is 0 Å². The third-order valence-electron chi connectivity index (χ3n) is 3.02. The van der Waals surface area contributed by atoms with Crippen LogP contribution in [0.3, 0.4) is 0 Å². The van der Waals surface area contributed by atoms with E-state index in [-0.39, 0.29) is 10.9 Å². The summed E-state index contributed by atoms with van der Waals surface area (Å²) >= 11 is 11.2. The normalized spacial score (nSPS) is 10.9. The Hall–Kier alpha value is -2.25. The van der Waals surface area contributed by atoms with Crippen LogP contribution in [-0.2, 0) is 0 Å². The summed E-state index contributed by atoms with van der Waals surface area (Å²) in [6, 6.07) is 11.7. The minimum Gasteiger partial charge on any atom is -0.434 e. The van der Waals surface area contributed by atoms with Crippen molar-refractivity contribution in [2.45, 2.75) is 13.5 Å². The molecule has 0 heterocycles. The number of hydrogen-bond acceptors (Lipinski definition) is 3. The molecule has 0 amide bonds. The van der Waals surface area contributed by atoms with E-state index >= 15 is 0 Å². The molecule has 126 valence electrons. The fraction of sp³-hybridized carbons (Fsp3) is 0.125. The van der Waals surface area contributed by atoms with Crippen molar-refractivity contribution in [3.8, 4) is 5.75 Å². The molecule has 0 spiro atoms. The summed E-state index contributed by atoms with van der Waals surface area (Å²) in [4.78, 5) is 0. The second-order valence-corrected chi connectivity index (χ2v) is 5.47. The second-order valence-electron chi connectivity index (χ2n) is 4.65. The Balaban J connectivity index is 1.99. The van der Waals surface area contributed by atoms with Crippen LogP contribution >= 0.6 is 23.8 Å². The van der Waals surface area contributed by atoms with Gasteiger partial charge in [0.1, 0.15) is 5.75 Å². The fourth-order valence-electron chi connectivity index (χ4n) is 1.84. The van der Waals surface area contributed by atoms with Gasteiger partial charge in [-0.2, -0.15) is 13.9 Å². The number of benzene rings is 2. The van der Waals surface area contributed by atoms with Gasteiger partial charge in [0.2, 0.25) is 0 Å². The molecular formula is C16H14ClF2N3OS. The monoisotopic (exact) mass is 369 g/mol. The zero-order valence-corrected chi connectivity index (χ0v) is 14.2. The van der Waals surface area contributed by atoms with E-state index in [1.807, 2.05) is 13.0 Å². The van der Waals surface area contributed by atoms with Crippen molar-refractivity contribution >= 4 is 40.8 Å². The third kappa shape index (κ3) is 5.14. The van der Waals surface area contributed by atoms with Crippen LogP contribution in [0.5, 0.6) is 5.75 Å². The molecular weight excluding hydrogens is 356 g/mol. The first kappa shape index (κ1) is 18.1. The zero-order chi connectivity index (χ0) is 17.5. The summed E-state index contributed by atoms with van der Waals surface area (Å²) in [5.74, 6) is 0.0302. The van der Waals surface area contributed by atoms with Gasteiger partial charge in [0.15, 0.2) is 5.11 Å². The van der Waals surface area contributed by atoms with Gasteiger partial charge in [0.25, 0.3) is 0 Å². The Labute approximate surface area is 148 Å². The lowest BCUT2D eigenvalue weighted by molar-refractivity contribution is -0.0499. The SMILES string of the molecule is Cc1c(Cl)cccc1NC(=S)N/N=C/c1ccccc1OC(F)F. The number of rotatable bonds is 5. The molecule has 0 aliphatic carbocycles. The van der Waals surface area contributed by atoms with E-state index in [9.17, 15) is 8.78 Å². The third-order valence-corrected chi connectivity index (χ3v) is 3.62. The van der Waals surface area contributed by atoms with Crippen LogP contribution in [0.4, 0.5) is 14.5 Å². The molecule has 4 nitrogen and oxygen atoms in total. The topological polar surface area (TPSA) is 45.7 Å². The number of halogens is 3. The molecule has 0 radical (unpaired) electrons. The quantitative estimate of drug-likeness (QED) is 0.460. The van der Waals surface area contributed by atoms with Gasteiger partial charge < -0.3 is 10.1 Å². The van der Waals surface area contributed by atoms with E-state index in [1.54, 1.807) is 30.3 Å². The molecule has 0 bridgehead atoms. The molecule has 2 N–H and O–H groups in total. The minimum atomic E-state index is -2.90. The van der Waals surface area contributed by atoms with Crippen molar-refractivity contribution in [2.75, 3.05) is 5.32 Å². The number of thiocarbonyl (C=S) groups is 1. The van der Waals surface area contributed by atoms with Gasteiger partial charge in [-0.3, -0.25) is 5.43 Å². The highest BCUT2D eigenvalue weighted by molar-refractivity contribution is 7.80. The first-order chi connectivity index (χ1) is 11.5. The summed E-state index contributed by atoms with van der Waals surface area (Å²) in [5, 5.41) is 7.73. The van der Waals surface area contributed by atoms with Crippen LogP contribution in [0, 0.1) is 6.92 Å². The number of hydrogen-bond donors (Lipinski definition) is 2. The molecule has 0 fully saturated rings. The molecule has 2 rings (SSSR count). The van der Waals surface area contributed by atoms with Gasteiger partial charge in [-0.25, -0.2) is 0 Å². The standard InChI is InChI=1S/C16H14ClF2N3OS/c1-10-12(17)6-4-7-13(10)21-16(24)22-20-9-11-5-2-3-8-14(11)23-15(18)19/h2-9,15H,1H3,(H2,21,22,24)/b20-9+. The maximum Gasteiger partial charge on any atom is 0.387 e. The van der Waals surface area contributed by atoms with E-state index in [0.717, 1.165) is 11.3 Å². The molecule has 0 aliphatic heterocycles. The highest BCUT2D eigenvalue weighted by atomic mass is 35.5. The molecule has 8 heteroatoms. The van der Waals surface area contributed by atoms with Crippen LogP contribution in [0.25, 0.3) is 0 Å². The van der Waals surface area contributed by atoms with Gasteiger partial charge in [-0.15, -0.1) is 0 Å². The summed E-state index contributed by atoms with van der Waals surface area (Å²) in [6.07, 6.45) is 1.34. The van der Waals surface area contributed by atoms with Gasteiger partial charge in [0.05, 0.1) is 6.21 Å². The number of ether oxygens (including phenoxy) is 1. The van der Waals surface area contributed by atoms with Crippen molar-refractivity contribution < 1.29 is 13.5 Å². The highest BCUT2D eigenvalue weighted by Crippen LogP contribution is 2.22. The van der Waals surface area contributed by atoms with Gasteiger partial charge >= 0.3 is 6.61 Å². The van der Waals surface area contributed by atoms with Crippen LogP contribution in [0.15, 0.2) is 47.6 Å². The summed E-state index contributed by atoms with van der Waals surface area (Å²) < 4.78 is 29.1. The average Bonchev–Trinajstić information content (AvgIpc) is 2.53. The lowest BCUT2D eigenvalue weighted by atomic mass is 10.2. The minimum absolute atomic E-state index is 0.0302. The Morgan fingerprint density at radius 1 is 1.25 bits per heavy atom. The molecule has 24 heavy (non-hydrogen) atoms. The van der Waals surface area contributed by atoms with Gasteiger partial charge in [-0.05, 0) is 49.0 Å². The first-order valence-electron chi connectivity index (χ1n) is 6.86. The number of hydrazone groups is 1. The molecule has 0 saturated heterocycles. The molecule has 0 saturated carbocycles. The summed E-state index contributed by atoms with van der Waals surface area (Å²) in [6.45, 7) is -1.05. The second kappa shape index (κ2) is 8.56. The average molecular weight is 370 g/mol. The molecule has 0 unspecified atom stereocenters. The van der Waals surface area contributed by atoms with E-state index in [0.29, 0.717) is 10.6 Å². The summed E-state index contributed by atoms with van der Waals surface area (Å²) in [5.41, 5.74) is 4.60. The van der Waals surface area contributed by atoms with E-state index in [1.165, 1.54) is 12.3 Å². The predicted molar refractivity (Wildman–Crippen MR) is 96.2 cm³/mol. The van der Waals surface area contributed by atoms with Crippen molar-refractivity contribution in [3.63, 3.8) is 0 Å². The smallest absolute Gasteiger partial charge is 0.387 e. The number of alkyl halides is 2. The number of nitrogens with zero attached hydrogens (tertiary/aromatic N) is 1. The maximum absolute atomic E-state index is 12.3. The Bertz CT molecular complexity index is 756. The Morgan fingerprint density at radius 2 is 2.00 bits per heavy atom. The van der Waals surface area contributed by atoms with E-state index in [2.05, 4.69) is 20.6 Å². The van der Waals surface area contributed by atoms with Crippen molar-refractivity contribution in [3.05, 3.63) is 58.6 Å². The van der Waals surface area contributed by atoms with Crippen LogP contribution in [0.1, 0.15) is 11.1 Å². The lowest BCUT2D eigenvalue weighted by Crippen LogP contribution is -2.24. The maximum atomic E-state index is 12.3. The zero-order valence-electron chi connectivity index (χ0n) is 12.6. The van der Waals surface area contributed by atoms with Crippen molar-refractivity contribution in [2.24, 2.45) is 5.10 Å². The largest absolute Gasteiger partial charge is 0.434 e. The highest BCUT2D eigenvalue weighted by Gasteiger charge is 2.07. The Kier molecular flexibility index (Phi) is 6.45. The number of para-hydroxylation sites is 1. The van der Waals surface area contributed by atoms with Gasteiger partial charge in [-0.1, -0.05) is 29.8 Å². The van der Waals surface area contributed by atoms with E-state index < -0.39 is 6.61 Å². The summed E-state index contributed by atoms with van der Waals surface area (Å²) in [7, 11) is 0. The van der Waals surface area contributed by atoms with E-state index in [4.69, 9.17) is 23.8 Å². The first-order valence-corrected chi connectivity index (χ1v) is 7.65. The molecule has 0 aromatic heterocycles. The lowest BCUT2D eigenvalue weighted by Gasteiger charge is -2.11. The number of anilines is 1. The van der Waals surface area contributed by atoms with Crippen LogP contribution in [0.2, 0.25) is 5.02 Å². The predicted octanol–water partition coefficient (Wildman–Crippen LogP) is 4.57. The van der Waals surface area contributed by atoms with Crippen LogP contribution in [-0.4, -0.2) is 17.9 Å². The molecule has 2 aromatic rings. The molecule has 0 aliphatic rings. The Morgan fingerprint density at radius 3 is 2.75 bits per heavy atom. The van der Waals surface area contributed by atoms with Crippen molar-refractivity contribution in [1.82, 2.24) is 5.43 Å². The van der Waals surface area contributed by atoms with Gasteiger partial charge in [0, 0.05) is 16.3 Å². The molecule has 2 aromatic carbocycles. The van der Waals surface area contributed by atoms with Crippen LogP contribution < -0.4 is 15.5 Å². The molecule has 0 atom stereocenters.